The fraction of sp³-hybridized carbons (Fsp3) is 0.200. The lowest BCUT2D eigenvalue weighted by molar-refractivity contribution is 1.57. The number of benzene rings is 2. The minimum atomic E-state index is -0.245. The Hall–Kier alpha value is -1.65. The molecule has 0 nitrogen and oxygen atoms in total. The third-order valence-electron chi connectivity index (χ3n) is 4.19. The summed E-state index contributed by atoms with van der Waals surface area (Å²) in [5.41, 5.74) is 2.65. The van der Waals surface area contributed by atoms with Gasteiger partial charge in [-0.05, 0) is 38.8 Å². The highest BCUT2D eigenvalue weighted by Crippen LogP contribution is 2.16. The summed E-state index contributed by atoms with van der Waals surface area (Å²) < 4.78 is 0. The second-order valence-electron chi connectivity index (χ2n) is 6.02. The molecule has 2 heteroatoms. The zero-order chi connectivity index (χ0) is 15.9. The van der Waals surface area contributed by atoms with Gasteiger partial charge in [0.2, 0.25) is 0 Å². The highest BCUT2D eigenvalue weighted by atomic mass is 28.2. The largest absolute Gasteiger partial charge is 0.0928 e. The molecule has 0 aliphatic rings. The topological polar surface area (TPSA) is 0 Å². The van der Waals surface area contributed by atoms with E-state index in [1.54, 1.807) is 10.4 Å². The molecular weight excluding hydrogens is 296 g/mol. The van der Waals surface area contributed by atoms with Crippen LogP contribution in [0.5, 0.6) is 0 Å². The van der Waals surface area contributed by atoms with Crippen molar-refractivity contribution in [3.8, 4) is 11.1 Å². The standard InChI is InChI=1S/C20H26Si2/c1-5-15(3)21-19-11-7-17(8-12-19)18-9-13-20(14-10-18)22-16(4)6-2/h5-14H,21-22H2,1-4H3. The van der Waals surface area contributed by atoms with Crippen LogP contribution in [0, 0.1) is 0 Å². The van der Waals surface area contributed by atoms with Crippen LogP contribution >= 0.6 is 0 Å². The summed E-state index contributed by atoms with van der Waals surface area (Å²) in [6.07, 6.45) is 4.49. The van der Waals surface area contributed by atoms with Crippen molar-refractivity contribution in [2.24, 2.45) is 0 Å². The SMILES string of the molecule is CC=C(C)[SiH2]c1ccc(-c2ccc([SiH2]C(C)=CC)cc2)cc1. The minimum Gasteiger partial charge on any atom is -0.0928 e. The van der Waals surface area contributed by atoms with Crippen LogP contribution < -0.4 is 10.4 Å². The molecule has 2 aromatic rings. The molecule has 0 fully saturated rings. The molecule has 0 unspecified atom stereocenters. The molecule has 2 aromatic carbocycles. The van der Waals surface area contributed by atoms with Crippen LogP contribution in [0.2, 0.25) is 0 Å². The molecule has 0 bridgehead atoms. The number of hydrogen-bond donors (Lipinski definition) is 0. The molecule has 0 N–H and O–H groups in total. The van der Waals surface area contributed by atoms with E-state index in [1.807, 2.05) is 0 Å². The second-order valence-corrected chi connectivity index (χ2v) is 10.6. The van der Waals surface area contributed by atoms with Gasteiger partial charge in [0, 0.05) is 0 Å². The van der Waals surface area contributed by atoms with E-state index in [4.69, 9.17) is 0 Å². The van der Waals surface area contributed by atoms with Gasteiger partial charge in [0.05, 0.1) is 19.0 Å². The highest BCUT2D eigenvalue weighted by Gasteiger charge is 2.01. The van der Waals surface area contributed by atoms with Gasteiger partial charge in [0.1, 0.15) is 0 Å². The molecule has 0 heterocycles. The van der Waals surface area contributed by atoms with Crippen LogP contribution in [0.15, 0.2) is 71.1 Å². The van der Waals surface area contributed by atoms with Crippen LogP contribution in [0.25, 0.3) is 11.1 Å². The predicted molar refractivity (Wildman–Crippen MR) is 107 cm³/mol. The maximum absolute atomic E-state index is 2.31. The van der Waals surface area contributed by atoms with Gasteiger partial charge in [-0.2, -0.15) is 0 Å². The summed E-state index contributed by atoms with van der Waals surface area (Å²) in [5, 5.41) is 6.15. The Morgan fingerprint density at radius 3 is 1.23 bits per heavy atom. The molecule has 114 valence electrons. The van der Waals surface area contributed by atoms with Crippen molar-refractivity contribution in [1.82, 2.24) is 0 Å². The monoisotopic (exact) mass is 322 g/mol. The normalized spacial score (nSPS) is 13.6. The Bertz CT molecular complexity index is 600. The molecule has 0 aliphatic heterocycles. The quantitative estimate of drug-likeness (QED) is 0.743. The lowest BCUT2D eigenvalue weighted by Crippen LogP contribution is -2.15. The van der Waals surface area contributed by atoms with E-state index >= 15 is 0 Å². The molecule has 0 radical (unpaired) electrons. The molecular formula is C20H26Si2. The van der Waals surface area contributed by atoms with Crippen molar-refractivity contribution in [2.45, 2.75) is 27.7 Å². The van der Waals surface area contributed by atoms with Crippen LogP contribution in [0.1, 0.15) is 27.7 Å². The van der Waals surface area contributed by atoms with E-state index in [2.05, 4.69) is 88.4 Å². The number of hydrogen-bond acceptors (Lipinski definition) is 0. The molecule has 0 aliphatic carbocycles. The van der Waals surface area contributed by atoms with Crippen LogP contribution in [-0.2, 0) is 0 Å². The summed E-state index contributed by atoms with van der Waals surface area (Å²) in [4.78, 5) is 0. The fourth-order valence-corrected chi connectivity index (χ4v) is 5.12. The van der Waals surface area contributed by atoms with E-state index in [0.717, 1.165) is 0 Å². The molecule has 0 amide bonds. The summed E-state index contributed by atoms with van der Waals surface area (Å²) in [5.74, 6) is 0. The van der Waals surface area contributed by atoms with Gasteiger partial charge < -0.3 is 0 Å². The van der Waals surface area contributed by atoms with Crippen molar-refractivity contribution in [3.05, 3.63) is 71.1 Å². The van der Waals surface area contributed by atoms with Crippen molar-refractivity contribution < 1.29 is 0 Å². The summed E-state index contributed by atoms with van der Waals surface area (Å²) in [7, 11) is -0.489. The Balaban J connectivity index is 2.11. The van der Waals surface area contributed by atoms with Crippen LogP contribution in [0.4, 0.5) is 0 Å². The minimum absolute atomic E-state index is 0.245. The Kier molecular flexibility index (Phi) is 6.16. The maximum atomic E-state index is 2.31. The van der Waals surface area contributed by atoms with Gasteiger partial charge in [-0.1, -0.05) is 81.4 Å². The third kappa shape index (κ3) is 4.68. The van der Waals surface area contributed by atoms with Gasteiger partial charge in [0.25, 0.3) is 0 Å². The molecule has 0 saturated carbocycles. The fourth-order valence-electron chi connectivity index (χ4n) is 2.48. The first kappa shape index (κ1) is 16.7. The second kappa shape index (κ2) is 8.11. The van der Waals surface area contributed by atoms with Crippen molar-refractivity contribution in [3.63, 3.8) is 0 Å². The zero-order valence-electron chi connectivity index (χ0n) is 14.2. The molecule has 0 atom stereocenters. The zero-order valence-corrected chi connectivity index (χ0v) is 17.0. The van der Waals surface area contributed by atoms with Crippen molar-refractivity contribution in [1.29, 1.82) is 0 Å². The van der Waals surface area contributed by atoms with E-state index in [0.29, 0.717) is 0 Å². The molecule has 0 saturated heterocycles. The van der Waals surface area contributed by atoms with E-state index in [1.165, 1.54) is 21.5 Å². The van der Waals surface area contributed by atoms with Crippen molar-refractivity contribution in [2.75, 3.05) is 0 Å². The predicted octanol–water partition coefficient (Wildman–Crippen LogP) is 2.79. The molecule has 22 heavy (non-hydrogen) atoms. The number of allylic oxidation sites excluding steroid dienone is 4. The first-order valence-corrected chi connectivity index (χ1v) is 10.9. The Morgan fingerprint density at radius 1 is 0.636 bits per heavy atom. The summed E-state index contributed by atoms with van der Waals surface area (Å²) in [6, 6.07) is 18.3. The van der Waals surface area contributed by atoms with E-state index < -0.39 is 0 Å². The van der Waals surface area contributed by atoms with E-state index in [9.17, 15) is 0 Å². The third-order valence-corrected chi connectivity index (χ3v) is 7.88. The molecule has 0 spiro atoms. The van der Waals surface area contributed by atoms with Gasteiger partial charge >= 0.3 is 0 Å². The highest BCUT2D eigenvalue weighted by molar-refractivity contribution is 6.61. The smallest absolute Gasteiger partial charge is 0.0816 e. The Labute approximate surface area is 139 Å². The first-order valence-electron chi connectivity index (χ1n) is 8.04. The molecule has 0 aromatic heterocycles. The lowest BCUT2D eigenvalue weighted by atomic mass is 10.1. The maximum Gasteiger partial charge on any atom is 0.0816 e. The van der Waals surface area contributed by atoms with Crippen molar-refractivity contribution >= 4 is 29.4 Å². The van der Waals surface area contributed by atoms with Crippen LogP contribution in [0.3, 0.4) is 0 Å². The van der Waals surface area contributed by atoms with Crippen LogP contribution in [-0.4, -0.2) is 19.0 Å². The molecule has 2 rings (SSSR count). The van der Waals surface area contributed by atoms with E-state index in [-0.39, 0.29) is 19.0 Å². The Morgan fingerprint density at radius 2 is 0.955 bits per heavy atom. The summed E-state index contributed by atoms with van der Waals surface area (Å²) in [6.45, 7) is 8.76. The van der Waals surface area contributed by atoms with Gasteiger partial charge in [-0.25, -0.2) is 0 Å². The number of rotatable bonds is 5. The van der Waals surface area contributed by atoms with Gasteiger partial charge in [-0.3, -0.25) is 0 Å². The lowest BCUT2D eigenvalue weighted by Gasteiger charge is -2.06. The van der Waals surface area contributed by atoms with Gasteiger partial charge in [0.15, 0.2) is 0 Å². The average Bonchev–Trinajstić information content (AvgIpc) is 2.56. The first-order chi connectivity index (χ1) is 10.6. The van der Waals surface area contributed by atoms with Gasteiger partial charge in [-0.15, -0.1) is 0 Å². The average molecular weight is 323 g/mol. The summed E-state index contributed by atoms with van der Waals surface area (Å²) >= 11 is 0.